The molecule has 6 nitrogen and oxygen atoms in total. The van der Waals surface area contributed by atoms with Gasteiger partial charge in [-0.15, -0.1) is 0 Å². The lowest BCUT2D eigenvalue weighted by atomic mass is 9.99. The monoisotopic (exact) mass is 382 g/mol. The summed E-state index contributed by atoms with van der Waals surface area (Å²) in [5, 5.41) is 9.62. The van der Waals surface area contributed by atoms with Crippen LogP contribution in [0.15, 0.2) is 51.7 Å². The third-order valence-corrected chi connectivity index (χ3v) is 4.17. The van der Waals surface area contributed by atoms with Gasteiger partial charge < -0.3 is 19.0 Å². The average Bonchev–Trinajstić information content (AvgIpc) is 2.64. The third kappa shape index (κ3) is 4.34. The van der Waals surface area contributed by atoms with E-state index in [1.807, 2.05) is 51.1 Å². The lowest BCUT2D eigenvalue weighted by molar-refractivity contribution is -0.139. The predicted octanol–water partition coefficient (Wildman–Crippen LogP) is 4.27. The van der Waals surface area contributed by atoms with Gasteiger partial charge >= 0.3 is 11.6 Å². The van der Waals surface area contributed by atoms with Crippen LogP contribution in [0.3, 0.4) is 0 Å². The van der Waals surface area contributed by atoms with Gasteiger partial charge in [0.25, 0.3) is 0 Å². The van der Waals surface area contributed by atoms with Crippen molar-refractivity contribution in [2.45, 2.75) is 33.3 Å². The molecule has 0 aliphatic rings. The Kier molecular flexibility index (Phi) is 5.68. The molecule has 2 aromatic carbocycles. The molecule has 1 N–H and O–H groups in total. The Bertz CT molecular complexity index is 1060. The van der Waals surface area contributed by atoms with E-state index in [1.165, 1.54) is 6.07 Å². The molecule has 0 amide bonds. The molecule has 146 valence electrons. The fourth-order valence-electron chi connectivity index (χ4n) is 3.03. The number of benzene rings is 2. The number of hydrogen-bond acceptors (Lipinski definition) is 5. The summed E-state index contributed by atoms with van der Waals surface area (Å²) in [5.74, 6) is 0.0416. The van der Waals surface area contributed by atoms with Crippen molar-refractivity contribution in [3.8, 4) is 22.6 Å². The van der Waals surface area contributed by atoms with Gasteiger partial charge in [-0.2, -0.15) is 0 Å². The zero-order valence-electron chi connectivity index (χ0n) is 16.0. The zero-order valence-corrected chi connectivity index (χ0v) is 16.0. The number of hydrogen-bond donors (Lipinski definition) is 1. The maximum atomic E-state index is 12.1. The number of fused-ring (bicyclic) bond motifs is 1. The Morgan fingerprint density at radius 3 is 2.64 bits per heavy atom. The Hall–Kier alpha value is -3.28. The van der Waals surface area contributed by atoms with Crippen molar-refractivity contribution in [3.63, 3.8) is 0 Å². The van der Waals surface area contributed by atoms with Crippen LogP contribution in [0.5, 0.6) is 11.5 Å². The van der Waals surface area contributed by atoms with E-state index in [-0.39, 0.29) is 6.10 Å². The molecule has 0 aliphatic carbocycles. The first kappa shape index (κ1) is 19.5. The molecule has 0 saturated heterocycles. The second kappa shape index (κ2) is 8.17. The number of aryl methyl sites for hydroxylation is 1. The first-order valence-corrected chi connectivity index (χ1v) is 9.10. The van der Waals surface area contributed by atoms with Crippen LogP contribution in [-0.4, -0.2) is 23.8 Å². The molecule has 0 radical (unpaired) electrons. The first-order chi connectivity index (χ1) is 13.4. The smallest absolute Gasteiger partial charge is 0.341 e. The van der Waals surface area contributed by atoms with Gasteiger partial charge in [0, 0.05) is 17.5 Å². The van der Waals surface area contributed by atoms with E-state index >= 15 is 0 Å². The molecule has 28 heavy (non-hydrogen) atoms. The third-order valence-electron chi connectivity index (χ3n) is 4.17. The van der Waals surface area contributed by atoms with Crippen LogP contribution in [-0.2, 0) is 11.2 Å². The molecular formula is C22H22O6. The van der Waals surface area contributed by atoms with Gasteiger partial charge in [0.1, 0.15) is 17.1 Å². The Labute approximate surface area is 162 Å². The predicted molar refractivity (Wildman–Crippen MR) is 106 cm³/mol. The number of rotatable bonds is 7. The molecule has 0 unspecified atom stereocenters. The normalized spacial score (nSPS) is 11.0. The fourth-order valence-corrected chi connectivity index (χ4v) is 3.03. The summed E-state index contributed by atoms with van der Waals surface area (Å²) in [5.41, 5.74) is 2.23. The SMILES string of the molecule is CCc1cc2c(-c3cccc(OC(C)C)c3)cc(=O)oc2cc1OCC(=O)O. The van der Waals surface area contributed by atoms with Gasteiger partial charge in [0.05, 0.1) is 6.10 Å². The van der Waals surface area contributed by atoms with E-state index in [2.05, 4.69) is 0 Å². The summed E-state index contributed by atoms with van der Waals surface area (Å²) in [7, 11) is 0. The van der Waals surface area contributed by atoms with E-state index in [1.54, 1.807) is 6.07 Å². The number of carboxylic acid groups (broad SMARTS) is 1. The summed E-state index contributed by atoms with van der Waals surface area (Å²) in [6.07, 6.45) is 0.674. The average molecular weight is 382 g/mol. The molecule has 0 spiro atoms. The Morgan fingerprint density at radius 1 is 1.18 bits per heavy atom. The number of carbonyl (C=O) groups is 1. The van der Waals surface area contributed by atoms with Gasteiger partial charge in [-0.1, -0.05) is 19.1 Å². The minimum Gasteiger partial charge on any atom is -0.491 e. The van der Waals surface area contributed by atoms with E-state index < -0.39 is 18.2 Å². The standard InChI is InChI=1S/C22H22O6/c1-4-14-9-18-17(15-6-5-7-16(8-15)27-13(2)3)10-22(25)28-20(18)11-19(14)26-12-21(23)24/h5-11,13H,4,12H2,1-3H3,(H,23,24). The lowest BCUT2D eigenvalue weighted by Gasteiger charge is -2.14. The first-order valence-electron chi connectivity index (χ1n) is 9.10. The highest BCUT2D eigenvalue weighted by Gasteiger charge is 2.14. The van der Waals surface area contributed by atoms with Crippen molar-refractivity contribution in [1.82, 2.24) is 0 Å². The Balaban J connectivity index is 2.15. The van der Waals surface area contributed by atoms with Gasteiger partial charge in [0.2, 0.25) is 0 Å². The summed E-state index contributed by atoms with van der Waals surface area (Å²) in [4.78, 5) is 23.0. The van der Waals surface area contributed by atoms with Crippen molar-refractivity contribution in [1.29, 1.82) is 0 Å². The largest absolute Gasteiger partial charge is 0.491 e. The van der Waals surface area contributed by atoms with Crippen molar-refractivity contribution in [3.05, 3.63) is 58.4 Å². The van der Waals surface area contributed by atoms with E-state index in [4.69, 9.17) is 19.0 Å². The van der Waals surface area contributed by atoms with Crippen LogP contribution >= 0.6 is 0 Å². The minimum absolute atomic E-state index is 0.0356. The summed E-state index contributed by atoms with van der Waals surface area (Å²) in [6.45, 7) is 5.39. The van der Waals surface area contributed by atoms with Crippen LogP contribution < -0.4 is 15.1 Å². The summed E-state index contributed by atoms with van der Waals surface area (Å²) >= 11 is 0. The Morgan fingerprint density at radius 2 is 1.96 bits per heavy atom. The molecule has 3 rings (SSSR count). The lowest BCUT2D eigenvalue weighted by Crippen LogP contribution is -2.10. The fraction of sp³-hybridized carbons (Fsp3) is 0.273. The number of aliphatic carboxylic acids is 1. The van der Waals surface area contributed by atoms with E-state index in [9.17, 15) is 9.59 Å². The number of ether oxygens (including phenoxy) is 2. The van der Waals surface area contributed by atoms with E-state index in [0.717, 1.165) is 22.1 Å². The van der Waals surface area contributed by atoms with Crippen molar-refractivity contribution < 1.29 is 23.8 Å². The molecule has 0 atom stereocenters. The number of carboxylic acids is 1. The molecule has 6 heteroatoms. The van der Waals surface area contributed by atoms with Crippen molar-refractivity contribution in [2.24, 2.45) is 0 Å². The van der Waals surface area contributed by atoms with Gasteiger partial charge in [0.15, 0.2) is 6.61 Å². The van der Waals surface area contributed by atoms with Crippen LogP contribution in [0.4, 0.5) is 0 Å². The highest BCUT2D eigenvalue weighted by Crippen LogP contribution is 2.34. The molecule has 0 bridgehead atoms. The molecule has 0 aliphatic heterocycles. The summed E-state index contributed by atoms with van der Waals surface area (Å²) in [6, 6.07) is 12.4. The molecule has 3 aromatic rings. The molecule has 1 heterocycles. The van der Waals surface area contributed by atoms with Gasteiger partial charge in [-0.25, -0.2) is 9.59 Å². The second-order valence-corrected chi connectivity index (χ2v) is 6.67. The van der Waals surface area contributed by atoms with Crippen LogP contribution in [0.2, 0.25) is 0 Å². The van der Waals surface area contributed by atoms with Crippen molar-refractivity contribution in [2.75, 3.05) is 6.61 Å². The zero-order chi connectivity index (χ0) is 20.3. The summed E-state index contributed by atoms with van der Waals surface area (Å²) < 4.78 is 16.5. The van der Waals surface area contributed by atoms with Crippen LogP contribution in [0.1, 0.15) is 26.3 Å². The molecule has 0 fully saturated rings. The molecule has 0 saturated carbocycles. The maximum absolute atomic E-state index is 12.1. The minimum atomic E-state index is -1.07. The molecular weight excluding hydrogens is 360 g/mol. The van der Waals surface area contributed by atoms with Gasteiger partial charge in [-0.3, -0.25) is 0 Å². The highest BCUT2D eigenvalue weighted by atomic mass is 16.5. The van der Waals surface area contributed by atoms with Gasteiger partial charge in [-0.05, 0) is 55.2 Å². The highest BCUT2D eigenvalue weighted by molar-refractivity contribution is 5.94. The second-order valence-electron chi connectivity index (χ2n) is 6.67. The van der Waals surface area contributed by atoms with Crippen LogP contribution in [0, 0.1) is 0 Å². The quantitative estimate of drug-likeness (QED) is 0.614. The maximum Gasteiger partial charge on any atom is 0.341 e. The van der Waals surface area contributed by atoms with Crippen molar-refractivity contribution >= 4 is 16.9 Å². The van der Waals surface area contributed by atoms with Crippen LogP contribution in [0.25, 0.3) is 22.1 Å². The van der Waals surface area contributed by atoms with E-state index in [0.29, 0.717) is 23.5 Å². The molecule has 1 aromatic heterocycles. The topological polar surface area (TPSA) is 86.0 Å².